The number of benzene rings is 1. The average Bonchev–Trinajstić information content (AvgIpc) is 3.38. The number of fused-ring (bicyclic) bond motifs is 1. The number of hydrogen-bond donors (Lipinski definition) is 0. The molecule has 1 aromatic carbocycles. The molecule has 1 aliphatic heterocycles. The summed E-state index contributed by atoms with van der Waals surface area (Å²) in [4.78, 5) is 6.70. The highest BCUT2D eigenvalue weighted by Crippen LogP contribution is 2.34. The van der Waals surface area contributed by atoms with Gasteiger partial charge in [0.25, 0.3) is 5.88 Å². The van der Waals surface area contributed by atoms with Gasteiger partial charge in [0.15, 0.2) is 11.5 Å². The van der Waals surface area contributed by atoms with E-state index in [-0.39, 0.29) is 0 Å². The van der Waals surface area contributed by atoms with Crippen molar-refractivity contribution in [1.29, 1.82) is 0 Å². The second-order valence-corrected chi connectivity index (χ2v) is 7.29. The fourth-order valence-corrected chi connectivity index (χ4v) is 3.80. The van der Waals surface area contributed by atoms with Gasteiger partial charge in [-0.15, -0.1) is 15.3 Å². The largest absolute Gasteiger partial charge is 0.469 e. The van der Waals surface area contributed by atoms with Crippen molar-refractivity contribution in [2.45, 2.75) is 32.4 Å². The summed E-state index contributed by atoms with van der Waals surface area (Å²) < 4.78 is 7.92. The highest BCUT2D eigenvalue weighted by Gasteiger charge is 2.26. The first kappa shape index (κ1) is 17.6. The van der Waals surface area contributed by atoms with Crippen molar-refractivity contribution in [2.24, 2.45) is 0 Å². The molecule has 7 heteroatoms. The molecule has 7 nitrogen and oxygen atoms in total. The molecule has 1 atom stereocenters. The Balaban J connectivity index is 1.58. The van der Waals surface area contributed by atoms with E-state index in [2.05, 4.69) is 27.0 Å². The molecule has 1 aliphatic rings. The molecule has 1 fully saturated rings. The van der Waals surface area contributed by atoms with Crippen molar-refractivity contribution in [3.63, 3.8) is 0 Å². The van der Waals surface area contributed by atoms with E-state index < -0.39 is 0 Å². The Kier molecular flexibility index (Phi) is 4.56. The maximum absolute atomic E-state index is 6.16. The summed E-state index contributed by atoms with van der Waals surface area (Å²) >= 11 is 0. The highest BCUT2D eigenvalue weighted by molar-refractivity contribution is 5.66. The van der Waals surface area contributed by atoms with E-state index in [9.17, 15) is 0 Å². The van der Waals surface area contributed by atoms with Gasteiger partial charge in [0.05, 0.1) is 5.69 Å². The fraction of sp³-hybridized carbons (Fsp3) is 0.273. The number of aromatic nitrogens is 5. The van der Waals surface area contributed by atoms with Crippen molar-refractivity contribution in [3.05, 3.63) is 66.5 Å². The number of anilines is 1. The number of hydrogen-bond acceptors (Lipinski definition) is 6. The van der Waals surface area contributed by atoms with Crippen LogP contribution < -0.4 is 9.64 Å². The van der Waals surface area contributed by atoms with Gasteiger partial charge in [-0.25, -0.2) is 0 Å². The van der Waals surface area contributed by atoms with Crippen LogP contribution in [0.15, 0.2) is 60.8 Å². The summed E-state index contributed by atoms with van der Waals surface area (Å²) in [6.07, 6.45) is 4.09. The molecule has 0 radical (unpaired) electrons. The molecule has 0 aliphatic carbocycles. The predicted octanol–water partition coefficient (Wildman–Crippen LogP) is 3.75. The molecular weight excluding hydrogens is 364 g/mol. The lowest BCUT2D eigenvalue weighted by Crippen LogP contribution is -2.27. The van der Waals surface area contributed by atoms with E-state index >= 15 is 0 Å². The maximum Gasteiger partial charge on any atom is 0.256 e. The summed E-state index contributed by atoms with van der Waals surface area (Å²) in [5.41, 5.74) is 3.50. The Morgan fingerprint density at radius 3 is 2.69 bits per heavy atom. The monoisotopic (exact) mass is 386 g/mol. The zero-order valence-electron chi connectivity index (χ0n) is 16.3. The van der Waals surface area contributed by atoms with Crippen LogP contribution in [0.25, 0.3) is 17.0 Å². The zero-order valence-corrected chi connectivity index (χ0v) is 16.3. The zero-order chi connectivity index (χ0) is 19.6. The summed E-state index contributed by atoms with van der Waals surface area (Å²) in [5.74, 6) is 1.28. The minimum atomic E-state index is 0.358. The Labute approximate surface area is 169 Å². The van der Waals surface area contributed by atoms with Crippen molar-refractivity contribution in [2.75, 3.05) is 11.4 Å². The van der Waals surface area contributed by atoms with Gasteiger partial charge in [0.2, 0.25) is 0 Å². The Bertz CT molecular complexity index is 1110. The van der Waals surface area contributed by atoms with Crippen LogP contribution in [0.3, 0.4) is 0 Å². The van der Waals surface area contributed by atoms with Crippen molar-refractivity contribution in [3.8, 4) is 17.3 Å². The molecular formula is C22H22N6O. The van der Waals surface area contributed by atoms with Crippen molar-refractivity contribution < 1.29 is 4.74 Å². The van der Waals surface area contributed by atoms with Gasteiger partial charge in [-0.1, -0.05) is 36.4 Å². The molecule has 1 saturated heterocycles. The van der Waals surface area contributed by atoms with Gasteiger partial charge in [-0.2, -0.15) is 4.52 Å². The van der Waals surface area contributed by atoms with Gasteiger partial charge < -0.3 is 9.64 Å². The average molecular weight is 386 g/mol. The first-order valence-electron chi connectivity index (χ1n) is 9.91. The van der Waals surface area contributed by atoms with E-state index in [1.54, 1.807) is 10.7 Å². The Morgan fingerprint density at radius 2 is 1.93 bits per heavy atom. The highest BCUT2D eigenvalue weighted by atomic mass is 16.5. The number of ether oxygens (including phenoxy) is 1. The van der Waals surface area contributed by atoms with Gasteiger partial charge in [-0.3, -0.25) is 4.98 Å². The molecule has 3 aromatic heterocycles. The molecule has 146 valence electrons. The van der Waals surface area contributed by atoms with Gasteiger partial charge >= 0.3 is 0 Å². The van der Waals surface area contributed by atoms with Crippen LogP contribution in [-0.2, 0) is 6.61 Å². The lowest BCUT2D eigenvalue weighted by atomic mass is 10.2. The third kappa shape index (κ3) is 3.40. The Hall–Kier alpha value is -3.48. The first-order chi connectivity index (χ1) is 14.3. The van der Waals surface area contributed by atoms with Gasteiger partial charge in [0, 0.05) is 30.4 Å². The van der Waals surface area contributed by atoms with Crippen LogP contribution in [0.1, 0.15) is 25.5 Å². The lowest BCUT2D eigenvalue weighted by Gasteiger charge is -2.25. The number of rotatable bonds is 5. The second-order valence-electron chi connectivity index (χ2n) is 7.29. The van der Waals surface area contributed by atoms with Crippen LogP contribution in [0, 0.1) is 0 Å². The fourth-order valence-electron chi connectivity index (χ4n) is 3.80. The van der Waals surface area contributed by atoms with Crippen LogP contribution in [0.4, 0.5) is 5.69 Å². The van der Waals surface area contributed by atoms with Crippen LogP contribution in [0.5, 0.6) is 5.88 Å². The van der Waals surface area contributed by atoms with E-state index in [1.807, 2.05) is 54.6 Å². The molecule has 0 N–H and O–H groups in total. The normalized spacial score (nSPS) is 16.4. The lowest BCUT2D eigenvalue weighted by molar-refractivity contribution is 0.285. The van der Waals surface area contributed by atoms with Gasteiger partial charge in [0.1, 0.15) is 12.3 Å². The minimum Gasteiger partial charge on any atom is -0.469 e. The summed E-state index contributed by atoms with van der Waals surface area (Å²) in [6.45, 7) is 3.58. The Morgan fingerprint density at radius 1 is 1.07 bits per heavy atom. The summed E-state index contributed by atoms with van der Waals surface area (Å²) in [7, 11) is 0. The third-order valence-electron chi connectivity index (χ3n) is 5.32. The quantitative estimate of drug-likeness (QED) is 0.520. The predicted molar refractivity (Wildman–Crippen MR) is 111 cm³/mol. The molecule has 0 amide bonds. The van der Waals surface area contributed by atoms with E-state index in [0.717, 1.165) is 36.3 Å². The maximum atomic E-state index is 6.16. The van der Waals surface area contributed by atoms with Crippen LogP contribution >= 0.6 is 0 Å². The topological polar surface area (TPSA) is 68.4 Å². The molecule has 1 unspecified atom stereocenters. The van der Waals surface area contributed by atoms with Crippen LogP contribution in [-0.4, -0.2) is 37.4 Å². The third-order valence-corrected chi connectivity index (χ3v) is 5.32. The standard InChI is InChI=1S/C22H22N6O/c1-16-8-7-13-27(16)19-14-20-24-25-21(17-9-3-2-4-10-17)28(20)26-22(19)29-15-18-11-5-6-12-23-18/h2-6,9-12,14,16H,7-8,13,15H2,1H3. The van der Waals surface area contributed by atoms with E-state index in [4.69, 9.17) is 9.84 Å². The summed E-state index contributed by atoms with van der Waals surface area (Å²) in [5, 5.41) is 13.5. The number of nitrogens with zero attached hydrogens (tertiary/aromatic N) is 6. The molecule has 4 heterocycles. The van der Waals surface area contributed by atoms with Crippen molar-refractivity contribution in [1.82, 2.24) is 24.8 Å². The minimum absolute atomic E-state index is 0.358. The molecule has 0 bridgehead atoms. The van der Waals surface area contributed by atoms with E-state index in [0.29, 0.717) is 30.0 Å². The van der Waals surface area contributed by atoms with Crippen molar-refractivity contribution >= 4 is 11.3 Å². The van der Waals surface area contributed by atoms with E-state index in [1.165, 1.54) is 0 Å². The molecule has 0 saturated carbocycles. The SMILES string of the molecule is CC1CCCN1c1cc2nnc(-c3ccccc3)n2nc1OCc1ccccn1. The second kappa shape index (κ2) is 7.50. The first-order valence-corrected chi connectivity index (χ1v) is 9.91. The molecule has 5 rings (SSSR count). The molecule has 0 spiro atoms. The number of pyridine rings is 1. The molecule has 29 heavy (non-hydrogen) atoms. The van der Waals surface area contributed by atoms with Crippen LogP contribution in [0.2, 0.25) is 0 Å². The molecule has 4 aromatic rings. The smallest absolute Gasteiger partial charge is 0.256 e. The van der Waals surface area contributed by atoms with Gasteiger partial charge in [-0.05, 0) is 31.9 Å². The summed E-state index contributed by atoms with van der Waals surface area (Å²) in [6, 6.07) is 18.2.